The third-order valence-corrected chi connectivity index (χ3v) is 3.64. The Hall–Kier alpha value is -1.13. The number of hydrogen-bond donors (Lipinski definition) is 2. The highest BCUT2D eigenvalue weighted by Gasteiger charge is 2.16. The van der Waals surface area contributed by atoms with Gasteiger partial charge in [0.2, 0.25) is 5.91 Å². The predicted octanol–water partition coefficient (Wildman–Crippen LogP) is 2.49. The van der Waals surface area contributed by atoms with Gasteiger partial charge >= 0.3 is 0 Å². The van der Waals surface area contributed by atoms with Gasteiger partial charge in [0, 0.05) is 13.0 Å². The van der Waals surface area contributed by atoms with Crippen molar-refractivity contribution in [1.29, 1.82) is 0 Å². The Morgan fingerprint density at radius 3 is 3.05 bits per heavy atom. The van der Waals surface area contributed by atoms with E-state index < -0.39 is 5.82 Å². The normalized spacial score (nSPS) is 19.2. The highest BCUT2D eigenvalue weighted by atomic mass is 35.5. The molecule has 2 rings (SSSR count). The molecule has 1 aliphatic rings. The average Bonchev–Trinajstić information content (AvgIpc) is 2.41. The zero-order valence-corrected chi connectivity index (χ0v) is 11.5. The van der Waals surface area contributed by atoms with E-state index in [9.17, 15) is 9.18 Å². The molecule has 0 aromatic heterocycles. The zero-order chi connectivity index (χ0) is 13.7. The lowest BCUT2D eigenvalue weighted by Crippen LogP contribution is -2.34. The van der Waals surface area contributed by atoms with Crippen LogP contribution in [0.5, 0.6) is 0 Å². The van der Waals surface area contributed by atoms with Crippen molar-refractivity contribution in [2.24, 2.45) is 5.92 Å². The van der Waals surface area contributed by atoms with Crippen LogP contribution in [0, 0.1) is 11.7 Å². The number of carbonyl (C=O) groups is 1. The summed E-state index contributed by atoms with van der Waals surface area (Å²) in [5.41, 5.74) is 0.807. The van der Waals surface area contributed by atoms with Crippen LogP contribution in [0.3, 0.4) is 0 Å². The number of rotatable bonds is 4. The number of carbonyl (C=O) groups excluding carboxylic acids is 1. The molecule has 1 unspecified atom stereocenters. The number of piperidine rings is 1. The maximum Gasteiger partial charge on any atom is 0.220 e. The summed E-state index contributed by atoms with van der Waals surface area (Å²) in [6, 6.07) is 4.48. The van der Waals surface area contributed by atoms with Crippen LogP contribution in [0.15, 0.2) is 18.2 Å². The summed E-state index contributed by atoms with van der Waals surface area (Å²) < 4.78 is 13.0. The van der Waals surface area contributed by atoms with E-state index in [1.54, 1.807) is 12.1 Å². The third-order valence-electron chi connectivity index (χ3n) is 3.35. The quantitative estimate of drug-likeness (QED) is 0.892. The highest BCUT2D eigenvalue weighted by Crippen LogP contribution is 2.16. The number of halogens is 2. The fourth-order valence-electron chi connectivity index (χ4n) is 2.28. The van der Waals surface area contributed by atoms with Crippen LogP contribution in [-0.2, 0) is 11.3 Å². The van der Waals surface area contributed by atoms with Crippen LogP contribution in [0.1, 0.15) is 24.8 Å². The Labute approximate surface area is 117 Å². The molecule has 1 atom stereocenters. The molecule has 1 saturated heterocycles. The molecule has 0 bridgehead atoms. The Kier molecular flexibility index (Phi) is 5.16. The third kappa shape index (κ3) is 4.48. The Bertz CT molecular complexity index is 447. The summed E-state index contributed by atoms with van der Waals surface area (Å²) in [6.45, 7) is 2.35. The summed E-state index contributed by atoms with van der Waals surface area (Å²) in [5.74, 6) is 0.0183. The molecular weight excluding hydrogens is 267 g/mol. The van der Waals surface area contributed by atoms with Gasteiger partial charge in [-0.25, -0.2) is 4.39 Å². The molecule has 1 amide bonds. The molecular formula is C14H18ClFN2O. The summed E-state index contributed by atoms with van der Waals surface area (Å²) in [7, 11) is 0. The molecule has 1 aromatic carbocycles. The van der Waals surface area contributed by atoms with E-state index in [-0.39, 0.29) is 10.9 Å². The van der Waals surface area contributed by atoms with Crippen molar-refractivity contribution < 1.29 is 9.18 Å². The Balaban J connectivity index is 1.77. The first-order valence-electron chi connectivity index (χ1n) is 6.56. The first-order chi connectivity index (χ1) is 9.15. The van der Waals surface area contributed by atoms with Crippen LogP contribution in [-0.4, -0.2) is 19.0 Å². The van der Waals surface area contributed by atoms with Crippen molar-refractivity contribution in [3.8, 4) is 0 Å². The van der Waals surface area contributed by atoms with Crippen LogP contribution >= 0.6 is 11.6 Å². The van der Waals surface area contributed by atoms with E-state index in [0.717, 1.165) is 31.5 Å². The molecule has 1 heterocycles. The molecule has 1 aromatic rings. The van der Waals surface area contributed by atoms with Crippen molar-refractivity contribution in [3.05, 3.63) is 34.6 Å². The van der Waals surface area contributed by atoms with Gasteiger partial charge < -0.3 is 10.6 Å². The summed E-state index contributed by atoms with van der Waals surface area (Å²) >= 11 is 5.69. The van der Waals surface area contributed by atoms with E-state index in [0.29, 0.717) is 18.9 Å². The highest BCUT2D eigenvalue weighted by molar-refractivity contribution is 6.30. The molecule has 19 heavy (non-hydrogen) atoms. The summed E-state index contributed by atoms with van der Waals surface area (Å²) in [4.78, 5) is 11.8. The van der Waals surface area contributed by atoms with Gasteiger partial charge in [-0.15, -0.1) is 0 Å². The second kappa shape index (κ2) is 6.87. The fourth-order valence-corrected chi connectivity index (χ4v) is 2.49. The number of nitrogens with one attached hydrogen (secondary N) is 2. The van der Waals surface area contributed by atoms with Gasteiger partial charge in [-0.3, -0.25) is 4.79 Å². The minimum atomic E-state index is -0.440. The first-order valence-corrected chi connectivity index (χ1v) is 6.94. The summed E-state index contributed by atoms with van der Waals surface area (Å²) in [5, 5.41) is 6.22. The lowest BCUT2D eigenvalue weighted by molar-refractivity contribution is -0.122. The van der Waals surface area contributed by atoms with Crippen LogP contribution in [0.4, 0.5) is 4.39 Å². The van der Waals surface area contributed by atoms with Gasteiger partial charge in [0.15, 0.2) is 0 Å². The van der Waals surface area contributed by atoms with Crippen LogP contribution in [0.2, 0.25) is 5.02 Å². The van der Waals surface area contributed by atoms with Crippen molar-refractivity contribution in [1.82, 2.24) is 10.6 Å². The topological polar surface area (TPSA) is 41.1 Å². The van der Waals surface area contributed by atoms with Crippen molar-refractivity contribution >= 4 is 17.5 Å². The second-order valence-corrected chi connectivity index (χ2v) is 5.35. The Morgan fingerprint density at radius 2 is 2.37 bits per heavy atom. The number of hydrogen-bond acceptors (Lipinski definition) is 2. The van der Waals surface area contributed by atoms with E-state index in [1.165, 1.54) is 6.07 Å². The Morgan fingerprint density at radius 1 is 1.53 bits per heavy atom. The van der Waals surface area contributed by atoms with Gasteiger partial charge in [0.05, 0.1) is 5.02 Å². The molecule has 5 heteroatoms. The lowest BCUT2D eigenvalue weighted by atomic mass is 9.96. The molecule has 3 nitrogen and oxygen atoms in total. The molecule has 104 valence electrons. The van der Waals surface area contributed by atoms with E-state index in [4.69, 9.17) is 11.6 Å². The van der Waals surface area contributed by atoms with Gasteiger partial charge in [0.1, 0.15) is 5.82 Å². The van der Waals surface area contributed by atoms with E-state index in [2.05, 4.69) is 10.6 Å². The first kappa shape index (κ1) is 14.3. The minimum Gasteiger partial charge on any atom is -0.352 e. The van der Waals surface area contributed by atoms with Crippen molar-refractivity contribution in [2.45, 2.75) is 25.8 Å². The molecule has 2 N–H and O–H groups in total. The van der Waals surface area contributed by atoms with Crippen LogP contribution < -0.4 is 10.6 Å². The van der Waals surface area contributed by atoms with Crippen LogP contribution in [0.25, 0.3) is 0 Å². The zero-order valence-electron chi connectivity index (χ0n) is 10.7. The molecule has 0 spiro atoms. The van der Waals surface area contributed by atoms with Gasteiger partial charge in [-0.05, 0) is 49.5 Å². The smallest absolute Gasteiger partial charge is 0.220 e. The molecule has 1 fully saturated rings. The van der Waals surface area contributed by atoms with Gasteiger partial charge in [-0.2, -0.15) is 0 Å². The average molecular weight is 285 g/mol. The molecule has 0 saturated carbocycles. The largest absolute Gasteiger partial charge is 0.352 e. The maximum atomic E-state index is 13.0. The number of benzene rings is 1. The van der Waals surface area contributed by atoms with Gasteiger partial charge in [0.25, 0.3) is 0 Å². The maximum absolute atomic E-state index is 13.0. The molecule has 1 aliphatic heterocycles. The van der Waals surface area contributed by atoms with Crippen molar-refractivity contribution in [3.63, 3.8) is 0 Å². The van der Waals surface area contributed by atoms with E-state index in [1.807, 2.05) is 0 Å². The minimum absolute atomic E-state index is 0.0362. The summed E-state index contributed by atoms with van der Waals surface area (Å²) in [6.07, 6.45) is 2.77. The monoisotopic (exact) mass is 284 g/mol. The lowest BCUT2D eigenvalue weighted by Gasteiger charge is -2.22. The van der Waals surface area contributed by atoms with Gasteiger partial charge in [-0.1, -0.05) is 17.7 Å². The standard InChI is InChI=1S/C14H18ClFN2O/c15-12-6-11(3-4-13(12)16)9-18-14(19)7-10-2-1-5-17-8-10/h3-4,6,10,17H,1-2,5,7-9H2,(H,18,19). The fraction of sp³-hybridized carbons (Fsp3) is 0.500. The second-order valence-electron chi connectivity index (χ2n) is 4.94. The number of amides is 1. The van der Waals surface area contributed by atoms with Crippen molar-refractivity contribution in [2.75, 3.05) is 13.1 Å². The molecule has 0 radical (unpaired) electrons. The molecule has 0 aliphatic carbocycles. The van der Waals surface area contributed by atoms with E-state index >= 15 is 0 Å². The SMILES string of the molecule is O=C(CC1CCCNC1)NCc1ccc(F)c(Cl)c1. The predicted molar refractivity (Wildman–Crippen MR) is 73.5 cm³/mol.